The molecule has 0 aromatic heterocycles. The zero-order valence-corrected chi connectivity index (χ0v) is 15.6. The highest BCUT2D eigenvalue weighted by molar-refractivity contribution is 6.05. The lowest BCUT2D eigenvalue weighted by molar-refractivity contribution is -0.143. The summed E-state index contributed by atoms with van der Waals surface area (Å²) in [6, 6.07) is 7.71. The summed E-state index contributed by atoms with van der Waals surface area (Å²) in [6.45, 7) is 8.06. The number of rotatable bonds is 8. The molecule has 138 valence electrons. The monoisotopic (exact) mass is 347 g/mol. The van der Waals surface area contributed by atoms with Gasteiger partial charge in [-0.3, -0.25) is 14.5 Å². The lowest BCUT2D eigenvalue weighted by Gasteiger charge is -2.25. The van der Waals surface area contributed by atoms with Gasteiger partial charge in [0, 0.05) is 6.42 Å². The van der Waals surface area contributed by atoms with E-state index in [1.807, 2.05) is 38.1 Å². The Kier molecular flexibility index (Phi) is 6.22. The van der Waals surface area contributed by atoms with E-state index in [4.69, 9.17) is 4.74 Å². The molecule has 1 aliphatic heterocycles. The van der Waals surface area contributed by atoms with Gasteiger partial charge in [0.1, 0.15) is 18.5 Å². The Morgan fingerprint density at radius 1 is 1.20 bits per heavy atom. The minimum absolute atomic E-state index is 0.0107. The topological polar surface area (TPSA) is 66.8 Å². The van der Waals surface area contributed by atoms with Crippen molar-refractivity contribution in [1.29, 1.82) is 0 Å². The summed E-state index contributed by atoms with van der Waals surface area (Å²) in [6.07, 6.45) is 0.609. The predicted octanol–water partition coefficient (Wildman–Crippen LogP) is 3.12. The van der Waals surface area contributed by atoms with E-state index in [1.165, 1.54) is 4.90 Å². The zero-order valence-electron chi connectivity index (χ0n) is 15.6. The highest BCUT2D eigenvalue weighted by Crippen LogP contribution is 2.39. The molecule has 1 aromatic carbocycles. The number of β-amino-alcohol motifs (C(OH)–C–C–N with tert-alkyl or cyclic N) is 1. The van der Waals surface area contributed by atoms with Crippen molar-refractivity contribution in [2.75, 3.05) is 13.2 Å². The molecular weight excluding hydrogens is 318 g/mol. The zero-order chi connectivity index (χ0) is 18.6. The maximum absolute atomic E-state index is 12.6. The summed E-state index contributed by atoms with van der Waals surface area (Å²) >= 11 is 0. The van der Waals surface area contributed by atoms with Crippen LogP contribution < -0.4 is 4.74 Å². The van der Waals surface area contributed by atoms with Gasteiger partial charge >= 0.3 is 0 Å². The fourth-order valence-corrected chi connectivity index (χ4v) is 3.39. The summed E-state index contributed by atoms with van der Waals surface area (Å²) in [5, 5.41) is 10.3. The number of amides is 2. The number of likely N-dealkylation sites (tertiary alicyclic amines) is 1. The van der Waals surface area contributed by atoms with Crippen molar-refractivity contribution in [3.8, 4) is 5.75 Å². The van der Waals surface area contributed by atoms with Gasteiger partial charge in [0.15, 0.2) is 0 Å². The van der Waals surface area contributed by atoms with Gasteiger partial charge in [-0.25, -0.2) is 0 Å². The molecule has 5 heteroatoms. The first-order valence-electron chi connectivity index (χ1n) is 9.09. The van der Waals surface area contributed by atoms with E-state index in [9.17, 15) is 14.7 Å². The number of carbonyl (C=O) groups is 2. The molecule has 1 aliphatic rings. The van der Waals surface area contributed by atoms with E-state index in [2.05, 4.69) is 13.8 Å². The van der Waals surface area contributed by atoms with Gasteiger partial charge in [0.2, 0.25) is 11.8 Å². The molecule has 25 heavy (non-hydrogen) atoms. The van der Waals surface area contributed by atoms with Gasteiger partial charge in [-0.1, -0.05) is 45.9 Å². The average Bonchev–Trinajstić information content (AvgIpc) is 2.84. The molecule has 1 aromatic rings. The van der Waals surface area contributed by atoms with Crippen molar-refractivity contribution in [2.24, 2.45) is 5.41 Å². The third-order valence-electron chi connectivity index (χ3n) is 5.21. The number of benzene rings is 1. The van der Waals surface area contributed by atoms with E-state index < -0.39 is 11.5 Å². The molecule has 1 saturated heterocycles. The molecule has 0 radical (unpaired) electrons. The number of carbonyl (C=O) groups excluding carboxylic acids is 2. The van der Waals surface area contributed by atoms with Crippen LogP contribution in [0, 0.1) is 5.41 Å². The molecule has 2 amide bonds. The van der Waals surface area contributed by atoms with Crippen molar-refractivity contribution in [1.82, 2.24) is 4.90 Å². The maximum Gasteiger partial charge on any atom is 0.235 e. The first kappa shape index (κ1) is 19.4. The second-order valence-electron chi connectivity index (χ2n) is 7.13. The first-order chi connectivity index (χ1) is 11.8. The summed E-state index contributed by atoms with van der Waals surface area (Å²) < 4.78 is 5.75. The number of nitrogens with zero attached hydrogens (tertiary/aromatic N) is 1. The molecular formula is C20H29NO4. The van der Waals surface area contributed by atoms with Gasteiger partial charge in [-0.05, 0) is 30.4 Å². The van der Waals surface area contributed by atoms with Crippen LogP contribution in [-0.4, -0.2) is 41.1 Å². The van der Waals surface area contributed by atoms with Gasteiger partial charge in [-0.2, -0.15) is 0 Å². The van der Waals surface area contributed by atoms with Gasteiger partial charge in [0.05, 0.1) is 12.0 Å². The third kappa shape index (κ3) is 4.03. The molecule has 5 nitrogen and oxygen atoms in total. The van der Waals surface area contributed by atoms with Crippen LogP contribution in [-0.2, 0) is 9.59 Å². The minimum Gasteiger partial charge on any atom is -0.491 e. The summed E-state index contributed by atoms with van der Waals surface area (Å²) in [5.41, 5.74) is 0.473. The van der Waals surface area contributed by atoms with Crippen molar-refractivity contribution in [3.05, 3.63) is 29.8 Å². The normalized spacial score (nSPS) is 18.1. The van der Waals surface area contributed by atoms with Crippen LogP contribution in [0.2, 0.25) is 0 Å². The smallest absolute Gasteiger partial charge is 0.235 e. The molecule has 0 saturated carbocycles. The van der Waals surface area contributed by atoms with Crippen LogP contribution in [0.15, 0.2) is 24.3 Å². The molecule has 0 spiro atoms. The second-order valence-corrected chi connectivity index (χ2v) is 7.13. The molecule has 1 atom stereocenters. The molecule has 1 unspecified atom stereocenters. The Bertz CT molecular complexity index is 622. The Hall–Kier alpha value is -1.88. The Labute approximate surface area is 150 Å². The number of ether oxygens (including phenoxy) is 1. The average molecular weight is 347 g/mol. The van der Waals surface area contributed by atoms with Gasteiger partial charge in [0.25, 0.3) is 0 Å². The first-order valence-corrected chi connectivity index (χ1v) is 9.09. The van der Waals surface area contributed by atoms with Gasteiger partial charge in [-0.15, -0.1) is 0 Å². The number of aliphatic hydroxyl groups excluding tert-OH is 1. The Balaban J connectivity index is 1.98. The highest BCUT2D eigenvalue weighted by Gasteiger charge is 2.49. The van der Waals surface area contributed by atoms with E-state index in [0.717, 1.165) is 11.3 Å². The molecule has 0 bridgehead atoms. The molecule has 1 heterocycles. The standard InChI is InChI=1S/C20H29NO4/c1-5-20(6-2)11-18(23)21(19(20)24)12-15(22)13-25-17-10-8-7-9-16(17)14(3)4/h7-10,14-15,22H,5-6,11-13H2,1-4H3. The molecule has 0 aliphatic carbocycles. The lowest BCUT2D eigenvalue weighted by Crippen LogP contribution is -2.41. The van der Waals surface area contributed by atoms with Crippen LogP contribution in [0.5, 0.6) is 5.75 Å². The van der Waals surface area contributed by atoms with Crippen LogP contribution in [0.3, 0.4) is 0 Å². The molecule has 1 N–H and O–H groups in total. The predicted molar refractivity (Wildman–Crippen MR) is 96.4 cm³/mol. The van der Waals surface area contributed by atoms with Crippen molar-refractivity contribution in [3.63, 3.8) is 0 Å². The fourth-order valence-electron chi connectivity index (χ4n) is 3.39. The Morgan fingerprint density at radius 2 is 1.84 bits per heavy atom. The number of hydrogen-bond donors (Lipinski definition) is 1. The summed E-state index contributed by atoms with van der Waals surface area (Å²) in [7, 11) is 0. The highest BCUT2D eigenvalue weighted by atomic mass is 16.5. The van der Waals surface area contributed by atoms with Gasteiger partial charge < -0.3 is 9.84 Å². The SMILES string of the molecule is CCC1(CC)CC(=O)N(CC(O)COc2ccccc2C(C)C)C1=O. The van der Waals surface area contributed by atoms with Crippen LogP contribution >= 0.6 is 0 Å². The summed E-state index contributed by atoms with van der Waals surface area (Å²) in [4.78, 5) is 26.0. The van der Waals surface area contributed by atoms with E-state index in [-0.39, 0.29) is 31.4 Å². The number of aliphatic hydroxyl groups is 1. The van der Waals surface area contributed by atoms with E-state index in [1.54, 1.807) is 0 Å². The quantitative estimate of drug-likeness (QED) is 0.734. The molecule has 2 rings (SSSR count). The van der Waals surface area contributed by atoms with Crippen molar-refractivity contribution in [2.45, 2.75) is 59.0 Å². The lowest BCUT2D eigenvalue weighted by atomic mass is 9.81. The van der Waals surface area contributed by atoms with Crippen LogP contribution in [0.25, 0.3) is 0 Å². The second kappa shape index (κ2) is 8.00. The van der Waals surface area contributed by atoms with Crippen LogP contribution in [0.4, 0.5) is 0 Å². The molecule has 1 fully saturated rings. The largest absolute Gasteiger partial charge is 0.491 e. The minimum atomic E-state index is -0.905. The van der Waals surface area contributed by atoms with Crippen molar-refractivity contribution < 1.29 is 19.4 Å². The van der Waals surface area contributed by atoms with Crippen LogP contribution in [0.1, 0.15) is 58.4 Å². The van der Waals surface area contributed by atoms with E-state index in [0.29, 0.717) is 18.8 Å². The van der Waals surface area contributed by atoms with Crippen molar-refractivity contribution >= 4 is 11.8 Å². The maximum atomic E-state index is 12.6. The van der Waals surface area contributed by atoms with E-state index >= 15 is 0 Å². The summed E-state index contributed by atoms with van der Waals surface area (Å²) in [5.74, 6) is 0.677. The fraction of sp³-hybridized carbons (Fsp3) is 0.600. The number of imide groups is 1. The third-order valence-corrected chi connectivity index (χ3v) is 5.21. The Morgan fingerprint density at radius 3 is 2.40 bits per heavy atom. The number of hydrogen-bond acceptors (Lipinski definition) is 4. The number of para-hydroxylation sites is 1.